The van der Waals surface area contributed by atoms with Gasteiger partial charge in [0.25, 0.3) is 0 Å². The van der Waals surface area contributed by atoms with Crippen LogP contribution in [0.4, 0.5) is 0 Å². The zero-order valence-corrected chi connectivity index (χ0v) is 52.4. The van der Waals surface area contributed by atoms with Crippen LogP contribution in [-0.4, -0.2) is 37.2 Å². The van der Waals surface area contributed by atoms with Crippen LogP contribution in [0.25, 0.3) is 0 Å². The molecule has 1 unspecified atom stereocenters. The Kier molecular flexibility index (Phi) is 64.2. The van der Waals surface area contributed by atoms with Crippen LogP contribution in [0, 0.1) is 0 Å². The number of ether oxygens (including phenoxy) is 3. The van der Waals surface area contributed by atoms with E-state index in [4.69, 9.17) is 14.2 Å². The first-order valence-electron chi connectivity index (χ1n) is 34.1. The zero-order valence-electron chi connectivity index (χ0n) is 52.4. The number of allylic oxidation sites excluding steroid dienone is 14. The molecule has 0 heterocycles. The average Bonchev–Trinajstić information content (AvgIpc) is 3.45. The Bertz CT molecular complexity index is 1500. The first kappa shape index (κ1) is 75.6. The van der Waals surface area contributed by atoms with Crippen molar-refractivity contribution in [2.75, 3.05) is 13.2 Å². The molecule has 0 aromatic heterocycles. The minimum Gasteiger partial charge on any atom is -0.462 e. The summed E-state index contributed by atoms with van der Waals surface area (Å²) in [4.78, 5) is 38.1. The number of esters is 3. The molecule has 0 rings (SSSR count). The van der Waals surface area contributed by atoms with Gasteiger partial charge in [0.1, 0.15) is 13.2 Å². The van der Waals surface area contributed by atoms with E-state index in [9.17, 15) is 14.4 Å². The van der Waals surface area contributed by atoms with E-state index < -0.39 is 6.10 Å². The Hall–Kier alpha value is -3.41. The zero-order chi connectivity index (χ0) is 57.1. The number of hydrogen-bond donors (Lipinski definition) is 0. The molecule has 0 spiro atoms. The van der Waals surface area contributed by atoms with E-state index in [0.29, 0.717) is 19.3 Å². The van der Waals surface area contributed by atoms with Crippen LogP contribution in [-0.2, 0) is 28.6 Å². The summed E-state index contributed by atoms with van der Waals surface area (Å²) in [6.07, 6.45) is 89.3. The first-order chi connectivity index (χ1) is 39.0. The maximum atomic E-state index is 12.9. The van der Waals surface area contributed by atoms with Gasteiger partial charge in [0.05, 0.1) is 0 Å². The largest absolute Gasteiger partial charge is 0.462 e. The average molecular weight is 1100 g/mol. The van der Waals surface area contributed by atoms with Crippen molar-refractivity contribution >= 4 is 17.9 Å². The molecule has 0 amide bonds. The highest BCUT2D eigenvalue weighted by Gasteiger charge is 2.19. The van der Waals surface area contributed by atoms with Crippen LogP contribution in [0.5, 0.6) is 0 Å². The summed E-state index contributed by atoms with van der Waals surface area (Å²) >= 11 is 0. The van der Waals surface area contributed by atoms with E-state index >= 15 is 0 Å². The fourth-order valence-electron chi connectivity index (χ4n) is 9.84. The SMILES string of the molecule is CC/C=C\C/C=C\C/C=C\C/C=C\C/C=C\C/C=C\C/C=C\CCCCCCCCCCCCCC(=O)OCC(COC(=O)CCCCCCCC)OC(=O)CCCCCCCCCCCCCCCCCCCCCCCC. The third-order valence-electron chi connectivity index (χ3n) is 14.9. The highest BCUT2D eigenvalue weighted by molar-refractivity contribution is 5.71. The van der Waals surface area contributed by atoms with Crippen LogP contribution in [0.1, 0.15) is 342 Å². The molecule has 0 fully saturated rings. The second-order valence-corrected chi connectivity index (χ2v) is 22.7. The molecule has 0 saturated heterocycles. The van der Waals surface area contributed by atoms with Gasteiger partial charge in [-0.15, -0.1) is 0 Å². The standard InChI is InChI=1S/C73H128O6/c1-4-7-10-13-16-18-20-22-24-26-28-30-32-33-34-35-36-37-38-39-40-41-42-44-45-47-49-51-53-55-57-60-63-66-72(75)78-69-70(68-77-71(74)65-62-59-15-12-9-6-3)79-73(76)67-64-61-58-56-54-52-50-48-46-43-31-29-27-25-23-21-19-17-14-11-8-5-2/h7,10,16,18,22,24,28,30,33-34,36-37,39-40,70H,4-6,8-9,11-15,17,19-21,23,25-27,29,31-32,35,38,41-69H2,1-3H3/b10-7-,18-16-,24-22-,30-28-,34-33-,37-36-,40-39-. The number of rotatable bonds is 62. The van der Waals surface area contributed by atoms with Crippen LogP contribution in [0.2, 0.25) is 0 Å². The van der Waals surface area contributed by atoms with E-state index in [2.05, 4.69) is 106 Å². The van der Waals surface area contributed by atoms with Gasteiger partial charge in [-0.2, -0.15) is 0 Å². The molecule has 1 atom stereocenters. The number of unbranched alkanes of at least 4 members (excludes halogenated alkanes) is 37. The smallest absolute Gasteiger partial charge is 0.306 e. The lowest BCUT2D eigenvalue weighted by molar-refractivity contribution is -0.167. The van der Waals surface area contributed by atoms with Crippen molar-refractivity contribution in [1.29, 1.82) is 0 Å². The Morgan fingerprint density at radius 1 is 0.266 bits per heavy atom. The summed E-state index contributed by atoms with van der Waals surface area (Å²) in [6, 6.07) is 0. The molecule has 456 valence electrons. The van der Waals surface area contributed by atoms with E-state index in [1.54, 1.807) is 0 Å². The van der Waals surface area contributed by atoms with Crippen LogP contribution in [0.3, 0.4) is 0 Å². The summed E-state index contributed by atoms with van der Waals surface area (Å²) in [7, 11) is 0. The van der Waals surface area contributed by atoms with Gasteiger partial charge in [0.15, 0.2) is 6.10 Å². The molecule has 6 nitrogen and oxygen atoms in total. The van der Waals surface area contributed by atoms with Gasteiger partial charge in [0, 0.05) is 19.3 Å². The minimum atomic E-state index is -0.772. The monoisotopic (exact) mass is 1100 g/mol. The second kappa shape index (κ2) is 67.1. The predicted octanol–water partition coefficient (Wildman–Crippen LogP) is 23.4. The molecule has 0 aliphatic rings. The number of hydrogen-bond acceptors (Lipinski definition) is 6. The molecular formula is C73H128O6. The third kappa shape index (κ3) is 65.3. The molecule has 0 radical (unpaired) electrons. The maximum Gasteiger partial charge on any atom is 0.306 e. The third-order valence-corrected chi connectivity index (χ3v) is 14.9. The Morgan fingerprint density at radius 3 is 0.772 bits per heavy atom. The highest BCUT2D eigenvalue weighted by Crippen LogP contribution is 2.18. The molecule has 0 aromatic rings. The molecule has 6 heteroatoms. The molecule has 0 bridgehead atoms. The van der Waals surface area contributed by atoms with Crippen molar-refractivity contribution in [3.05, 3.63) is 85.1 Å². The number of carbonyl (C=O) groups is 3. The summed E-state index contributed by atoms with van der Waals surface area (Å²) in [6.45, 7) is 6.51. The van der Waals surface area contributed by atoms with E-state index in [1.165, 1.54) is 199 Å². The lowest BCUT2D eigenvalue weighted by atomic mass is 10.0. The Morgan fingerprint density at radius 2 is 0.494 bits per heavy atom. The highest BCUT2D eigenvalue weighted by atomic mass is 16.6. The molecular weight excluding hydrogens is 973 g/mol. The van der Waals surface area contributed by atoms with Crippen molar-refractivity contribution < 1.29 is 28.6 Å². The van der Waals surface area contributed by atoms with Gasteiger partial charge in [-0.05, 0) is 77.0 Å². The first-order valence-corrected chi connectivity index (χ1v) is 34.1. The molecule has 0 aromatic carbocycles. The van der Waals surface area contributed by atoms with E-state index in [1.807, 2.05) is 0 Å². The summed E-state index contributed by atoms with van der Waals surface area (Å²) in [5, 5.41) is 0. The van der Waals surface area contributed by atoms with E-state index in [-0.39, 0.29) is 31.1 Å². The van der Waals surface area contributed by atoms with Crippen molar-refractivity contribution in [3.8, 4) is 0 Å². The Balaban J connectivity index is 4.03. The summed E-state index contributed by atoms with van der Waals surface area (Å²) in [5.41, 5.74) is 0. The quantitative estimate of drug-likeness (QED) is 0.0261. The van der Waals surface area contributed by atoms with Gasteiger partial charge in [0.2, 0.25) is 0 Å². The molecule has 0 saturated carbocycles. The summed E-state index contributed by atoms with van der Waals surface area (Å²) in [5.74, 6) is -0.869. The fourth-order valence-corrected chi connectivity index (χ4v) is 9.84. The molecule has 79 heavy (non-hydrogen) atoms. The van der Waals surface area contributed by atoms with E-state index in [0.717, 1.165) is 103 Å². The normalized spacial score (nSPS) is 12.6. The van der Waals surface area contributed by atoms with Crippen LogP contribution >= 0.6 is 0 Å². The van der Waals surface area contributed by atoms with Gasteiger partial charge in [-0.1, -0.05) is 331 Å². The van der Waals surface area contributed by atoms with Crippen molar-refractivity contribution in [2.24, 2.45) is 0 Å². The fraction of sp³-hybridized carbons (Fsp3) is 0.767. The van der Waals surface area contributed by atoms with Gasteiger partial charge in [-0.25, -0.2) is 0 Å². The Labute approximate surface area is 490 Å². The van der Waals surface area contributed by atoms with Gasteiger partial charge >= 0.3 is 17.9 Å². The predicted molar refractivity (Wildman–Crippen MR) is 344 cm³/mol. The van der Waals surface area contributed by atoms with Gasteiger partial charge in [-0.3, -0.25) is 14.4 Å². The van der Waals surface area contributed by atoms with Crippen LogP contribution in [0.15, 0.2) is 85.1 Å². The van der Waals surface area contributed by atoms with Crippen molar-refractivity contribution in [2.45, 2.75) is 348 Å². The maximum absolute atomic E-state index is 12.9. The van der Waals surface area contributed by atoms with Crippen molar-refractivity contribution in [3.63, 3.8) is 0 Å². The topological polar surface area (TPSA) is 78.9 Å². The number of carbonyl (C=O) groups excluding carboxylic acids is 3. The van der Waals surface area contributed by atoms with Gasteiger partial charge < -0.3 is 14.2 Å². The summed E-state index contributed by atoms with van der Waals surface area (Å²) < 4.78 is 16.8. The van der Waals surface area contributed by atoms with Crippen molar-refractivity contribution in [1.82, 2.24) is 0 Å². The minimum absolute atomic E-state index is 0.0727. The lowest BCUT2D eigenvalue weighted by Crippen LogP contribution is -2.30. The van der Waals surface area contributed by atoms with Crippen LogP contribution < -0.4 is 0 Å². The lowest BCUT2D eigenvalue weighted by Gasteiger charge is -2.18. The molecule has 0 N–H and O–H groups in total. The molecule has 0 aliphatic carbocycles. The molecule has 0 aliphatic heterocycles. The second-order valence-electron chi connectivity index (χ2n) is 22.7.